The van der Waals surface area contributed by atoms with Gasteiger partial charge < -0.3 is 30.3 Å². The minimum absolute atomic E-state index is 0.187. The zero-order chi connectivity index (χ0) is 47.5. The summed E-state index contributed by atoms with van der Waals surface area (Å²) >= 11 is 0. The molecule has 15 heteroatoms. The van der Waals surface area contributed by atoms with E-state index in [2.05, 4.69) is 32.7 Å². The quantitative estimate of drug-likeness (QED) is 0.0795. The van der Waals surface area contributed by atoms with E-state index in [9.17, 15) is 29.7 Å². The number of urea groups is 2. The van der Waals surface area contributed by atoms with Gasteiger partial charge >= 0.3 is 12.1 Å². The van der Waals surface area contributed by atoms with E-state index in [1.54, 1.807) is 48.9 Å². The Balaban J connectivity index is 1.20. The molecular weight excluding hydrogens is 843 g/mol. The summed E-state index contributed by atoms with van der Waals surface area (Å²) in [5.74, 6) is 0.130. The number of carbonyl (C=O) groups is 4. The number of aryl methyl sites for hydroxylation is 2. The number of hydrogen-bond acceptors (Lipinski definition) is 8. The first-order chi connectivity index (χ1) is 32.4. The normalized spacial score (nSPS) is 14.3. The van der Waals surface area contributed by atoms with Crippen LogP contribution in [0.5, 0.6) is 0 Å². The molecule has 7 rings (SSSR count). The molecule has 4 aromatic carbocycles. The molecule has 0 bridgehead atoms. The van der Waals surface area contributed by atoms with Gasteiger partial charge in [-0.3, -0.25) is 9.59 Å². The molecule has 2 fully saturated rings. The van der Waals surface area contributed by atoms with Crippen LogP contribution in [0.15, 0.2) is 97.5 Å². The summed E-state index contributed by atoms with van der Waals surface area (Å²) in [6.45, 7) is 7.01. The number of nitriles is 2. The summed E-state index contributed by atoms with van der Waals surface area (Å²) in [5.41, 5.74) is 6.98. The number of piperidine rings is 2. The molecule has 67 heavy (non-hydrogen) atoms. The van der Waals surface area contributed by atoms with Crippen LogP contribution >= 0.6 is 0 Å². The maximum Gasteiger partial charge on any atom is 0.341 e. The fraction of sp³-hybridized carbons (Fsp3) is 0.365. The summed E-state index contributed by atoms with van der Waals surface area (Å²) in [5, 5.41) is 27.2. The molecule has 0 atom stereocenters. The zero-order valence-corrected chi connectivity index (χ0v) is 38.8. The molecule has 0 aliphatic carbocycles. The second-order valence-electron chi connectivity index (χ2n) is 17.7. The van der Waals surface area contributed by atoms with Gasteiger partial charge in [0, 0.05) is 68.7 Å². The van der Waals surface area contributed by atoms with Gasteiger partial charge in [-0.2, -0.15) is 20.5 Å². The van der Waals surface area contributed by atoms with Crippen molar-refractivity contribution in [2.45, 2.75) is 64.2 Å². The van der Waals surface area contributed by atoms with Gasteiger partial charge in [0.15, 0.2) is 0 Å². The van der Waals surface area contributed by atoms with E-state index < -0.39 is 12.1 Å². The van der Waals surface area contributed by atoms with Crippen LogP contribution in [-0.4, -0.2) is 108 Å². The summed E-state index contributed by atoms with van der Waals surface area (Å²) in [6.07, 6.45) is 7.37. The van der Waals surface area contributed by atoms with Gasteiger partial charge in [-0.15, -0.1) is 0 Å². The zero-order valence-electron chi connectivity index (χ0n) is 38.8. The molecule has 0 radical (unpaired) electrons. The van der Waals surface area contributed by atoms with Crippen molar-refractivity contribution in [1.82, 2.24) is 35.3 Å². The van der Waals surface area contributed by atoms with Crippen molar-refractivity contribution >= 4 is 35.3 Å². The highest BCUT2D eigenvalue weighted by Gasteiger charge is 2.34. The summed E-state index contributed by atoms with van der Waals surface area (Å²) in [4.78, 5) is 71.3. The van der Waals surface area contributed by atoms with Gasteiger partial charge in [0.2, 0.25) is 0 Å². The standard InChI is InChI=1S/C52H59N11O4/c1-36-6-12-44(49(64)60-26-19-42(20-27-60)40-14-8-38(32-53)9-15-40)30-47(36)62(51(66)56-23-5-25-59(3)4)63(52(67)57-24-18-46-34-55-35-58-46)48-31-45(13-7-37(48)2)50(65)61-28-21-43(22-29-61)41-16-10-39(33-54)11-17-41/h6-17,30-31,34-35,42-43H,5,18-29H2,1-4H3,(H,55,58)(H,56,66)(H,57,67). The summed E-state index contributed by atoms with van der Waals surface area (Å²) < 4.78 is 0. The van der Waals surface area contributed by atoms with Crippen LogP contribution in [-0.2, 0) is 6.42 Å². The minimum Gasteiger partial charge on any atom is -0.348 e. The molecule has 0 unspecified atom stereocenters. The molecule has 2 saturated heterocycles. The van der Waals surface area contributed by atoms with Crippen LogP contribution in [0.3, 0.4) is 0 Å². The van der Waals surface area contributed by atoms with Gasteiger partial charge in [-0.05, 0) is 149 Å². The lowest BCUT2D eigenvalue weighted by Crippen LogP contribution is -2.58. The van der Waals surface area contributed by atoms with Crippen molar-refractivity contribution in [2.75, 3.05) is 69.9 Å². The number of nitrogens with zero attached hydrogens (tertiary/aromatic N) is 8. The van der Waals surface area contributed by atoms with Crippen LogP contribution in [0.1, 0.15) is 104 Å². The predicted octanol–water partition coefficient (Wildman–Crippen LogP) is 7.65. The van der Waals surface area contributed by atoms with Crippen LogP contribution < -0.4 is 20.7 Å². The SMILES string of the molecule is Cc1ccc(C(=O)N2CCC(c3ccc(C#N)cc3)CC2)cc1N(C(=O)NCCCN(C)C)N(C(=O)NCCc1cnc[nH]1)c1cc(C(=O)N2CCC(c3ccc(C#N)cc3)CC2)ccc1C. The Morgan fingerprint density at radius 2 is 1.12 bits per heavy atom. The molecular formula is C52H59N11O4. The van der Waals surface area contributed by atoms with E-state index in [1.165, 1.54) is 10.0 Å². The second-order valence-corrected chi connectivity index (χ2v) is 17.7. The van der Waals surface area contributed by atoms with E-state index in [0.29, 0.717) is 90.3 Å². The topological polar surface area (TPSA) is 185 Å². The number of likely N-dealkylation sites (tertiary alicyclic amines) is 2. The molecule has 2 aliphatic heterocycles. The number of carbonyl (C=O) groups excluding carboxylic acids is 4. The smallest absolute Gasteiger partial charge is 0.341 e. The van der Waals surface area contributed by atoms with Crippen LogP contribution in [0.25, 0.3) is 0 Å². The van der Waals surface area contributed by atoms with Crippen molar-refractivity contribution in [3.05, 3.63) is 148 Å². The molecule has 0 spiro atoms. The lowest BCUT2D eigenvalue weighted by Gasteiger charge is -2.37. The number of anilines is 2. The van der Waals surface area contributed by atoms with Gasteiger partial charge in [0.05, 0.1) is 41.0 Å². The van der Waals surface area contributed by atoms with E-state index in [1.807, 2.05) is 91.2 Å². The number of hydrogen-bond donors (Lipinski definition) is 3. The molecule has 0 saturated carbocycles. The first kappa shape index (κ1) is 47.5. The number of aromatic amines is 1. The second kappa shape index (κ2) is 22.1. The minimum atomic E-state index is -0.611. The van der Waals surface area contributed by atoms with E-state index >= 15 is 0 Å². The highest BCUT2D eigenvalue weighted by molar-refractivity contribution is 6.08. The molecule has 3 N–H and O–H groups in total. The summed E-state index contributed by atoms with van der Waals surface area (Å²) in [6, 6.07) is 28.8. The maximum absolute atomic E-state index is 14.9. The number of benzene rings is 4. The molecule has 15 nitrogen and oxygen atoms in total. The van der Waals surface area contributed by atoms with Crippen LogP contribution in [0.4, 0.5) is 21.0 Å². The average molecular weight is 902 g/mol. The van der Waals surface area contributed by atoms with Crippen LogP contribution in [0.2, 0.25) is 0 Å². The number of H-pyrrole nitrogens is 1. The predicted molar refractivity (Wildman–Crippen MR) is 258 cm³/mol. The highest BCUT2D eigenvalue weighted by atomic mass is 16.2. The number of nitrogens with one attached hydrogen (secondary N) is 3. The molecule has 5 aromatic rings. The number of hydrazine groups is 1. The largest absolute Gasteiger partial charge is 0.348 e. The van der Waals surface area contributed by atoms with Crippen molar-refractivity contribution in [3.63, 3.8) is 0 Å². The number of amides is 6. The van der Waals surface area contributed by atoms with Crippen molar-refractivity contribution in [2.24, 2.45) is 0 Å². The molecule has 1 aromatic heterocycles. The molecule has 3 heterocycles. The van der Waals surface area contributed by atoms with Crippen molar-refractivity contribution < 1.29 is 19.2 Å². The van der Waals surface area contributed by atoms with E-state index in [4.69, 9.17) is 0 Å². The van der Waals surface area contributed by atoms with Gasteiger partial charge in [0.1, 0.15) is 0 Å². The monoisotopic (exact) mass is 901 g/mol. The Labute approximate surface area is 393 Å². The van der Waals surface area contributed by atoms with Crippen molar-refractivity contribution in [1.29, 1.82) is 10.5 Å². The first-order valence-corrected chi connectivity index (χ1v) is 23.0. The third-order valence-electron chi connectivity index (χ3n) is 12.8. The first-order valence-electron chi connectivity index (χ1n) is 23.0. The van der Waals surface area contributed by atoms with Gasteiger partial charge in [-0.1, -0.05) is 36.4 Å². The third-order valence-corrected chi connectivity index (χ3v) is 12.8. The highest BCUT2D eigenvalue weighted by Crippen LogP contribution is 2.34. The average Bonchev–Trinajstić information content (AvgIpc) is 3.88. The van der Waals surface area contributed by atoms with E-state index in [-0.39, 0.29) is 30.2 Å². The van der Waals surface area contributed by atoms with E-state index in [0.717, 1.165) is 49.0 Å². The fourth-order valence-corrected chi connectivity index (χ4v) is 8.88. The fourth-order valence-electron chi connectivity index (χ4n) is 8.88. The van der Waals surface area contributed by atoms with Crippen molar-refractivity contribution in [3.8, 4) is 12.1 Å². The summed E-state index contributed by atoms with van der Waals surface area (Å²) in [7, 11) is 3.92. The van der Waals surface area contributed by atoms with Gasteiger partial charge in [-0.25, -0.2) is 14.6 Å². The Morgan fingerprint density at radius 3 is 1.52 bits per heavy atom. The van der Waals surface area contributed by atoms with Gasteiger partial charge in [0.25, 0.3) is 11.8 Å². The lowest BCUT2D eigenvalue weighted by molar-refractivity contribution is 0.0705. The molecule has 2 aliphatic rings. The third kappa shape index (κ3) is 11.7. The molecule has 346 valence electrons. The Hall–Kier alpha value is -7.49. The number of imidazole rings is 1. The maximum atomic E-state index is 14.9. The Morgan fingerprint density at radius 1 is 0.672 bits per heavy atom. The Kier molecular flexibility index (Phi) is 15.7. The Bertz CT molecular complexity index is 2600. The van der Waals surface area contributed by atoms with Crippen LogP contribution in [0, 0.1) is 36.5 Å². The number of rotatable bonds is 13. The molecule has 6 amide bonds. The lowest BCUT2D eigenvalue weighted by atomic mass is 9.89. The number of aromatic nitrogens is 2.